The Morgan fingerprint density at radius 3 is 2.44 bits per heavy atom. The Morgan fingerprint density at radius 2 is 1.72 bits per heavy atom. The molecule has 1 unspecified atom stereocenters. The van der Waals surface area contributed by atoms with Gasteiger partial charge in [0.2, 0.25) is 11.8 Å². The number of aryl methyl sites for hydroxylation is 1. The molecule has 7 nitrogen and oxygen atoms in total. The Bertz CT molecular complexity index is 1710. The summed E-state index contributed by atoms with van der Waals surface area (Å²) in [4.78, 5) is 37.3. The van der Waals surface area contributed by atoms with Gasteiger partial charge in [-0.25, -0.2) is 9.67 Å². The summed E-state index contributed by atoms with van der Waals surface area (Å²) in [5, 5.41) is 5.25. The molecule has 3 heterocycles. The van der Waals surface area contributed by atoms with E-state index in [4.69, 9.17) is 0 Å². The average Bonchev–Trinajstić information content (AvgIpc) is 3.74. The summed E-state index contributed by atoms with van der Waals surface area (Å²) in [7, 11) is 0. The van der Waals surface area contributed by atoms with Crippen molar-refractivity contribution >= 4 is 29.2 Å². The minimum absolute atomic E-state index is 0.0399. The maximum absolute atomic E-state index is 14.4. The smallest absolute Gasteiger partial charge is 0.247 e. The molecule has 5 aromatic rings. The summed E-state index contributed by atoms with van der Waals surface area (Å²) in [6, 6.07) is 27.4. The van der Waals surface area contributed by atoms with Crippen molar-refractivity contribution < 1.29 is 9.59 Å². The quantitative estimate of drug-likeness (QED) is 0.202. The molecule has 2 amide bonds. The van der Waals surface area contributed by atoms with E-state index in [2.05, 4.69) is 22.2 Å². The summed E-state index contributed by atoms with van der Waals surface area (Å²) in [6.45, 7) is 3.39. The lowest BCUT2D eigenvalue weighted by molar-refractivity contribution is -0.144. The number of hydrogen-bond acceptors (Lipinski definition) is 5. The lowest BCUT2D eigenvalue weighted by atomic mass is 9.97. The van der Waals surface area contributed by atoms with Crippen molar-refractivity contribution in [2.75, 3.05) is 6.54 Å². The molecule has 0 spiro atoms. The van der Waals surface area contributed by atoms with Crippen LogP contribution in [0.4, 0.5) is 0 Å². The summed E-state index contributed by atoms with van der Waals surface area (Å²) < 4.78 is 1.79. The minimum Gasteiger partial charge on any atom is -0.336 e. The second-order valence-corrected chi connectivity index (χ2v) is 11.9. The third kappa shape index (κ3) is 6.81. The Morgan fingerprint density at radius 1 is 0.953 bits per heavy atom. The van der Waals surface area contributed by atoms with Crippen molar-refractivity contribution in [2.24, 2.45) is 0 Å². The molecule has 0 saturated heterocycles. The molecule has 2 aromatic heterocycles. The van der Waals surface area contributed by atoms with Gasteiger partial charge in [-0.05, 0) is 59.9 Å². The number of benzene rings is 3. The average molecular weight is 588 g/mol. The molecule has 0 N–H and O–H groups in total. The van der Waals surface area contributed by atoms with Crippen LogP contribution in [0.1, 0.15) is 32.1 Å². The number of rotatable bonds is 9. The van der Waals surface area contributed by atoms with Crippen LogP contribution < -0.4 is 0 Å². The highest BCUT2D eigenvalue weighted by Gasteiger charge is 2.34. The van der Waals surface area contributed by atoms with Gasteiger partial charge in [-0.3, -0.25) is 9.59 Å². The van der Waals surface area contributed by atoms with E-state index in [1.165, 1.54) is 16.9 Å². The van der Waals surface area contributed by atoms with Gasteiger partial charge in [-0.2, -0.15) is 5.10 Å². The lowest BCUT2D eigenvalue weighted by Gasteiger charge is -2.37. The molecule has 3 aromatic carbocycles. The third-order valence-electron chi connectivity index (χ3n) is 7.75. The van der Waals surface area contributed by atoms with Crippen LogP contribution in [-0.2, 0) is 35.5 Å². The van der Waals surface area contributed by atoms with Gasteiger partial charge in [-0.1, -0.05) is 66.7 Å². The van der Waals surface area contributed by atoms with Crippen LogP contribution in [0.2, 0.25) is 0 Å². The predicted octanol–water partition coefficient (Wildman–Crippen LogP) is 5.88. The maximum Gasteiger partial charge on any atom is 0.247 e. The second kappa shape index (κ2) is 13.0. The van der Waals surface area contributed by atoms with Crippen LogP contribution in [0.3, 0.4) is 0 Å². The van der Waals surface area contributed by atoms with Gasteiger partial charge in [0.1, 0.15) is 6.04 Å². The van der Waals surface area contributed by atoms with Crippen molar-refractivity contribution in [3.8, 4) is 5.69 Å². The zero-order valence-electron chi connectivity index (χ0n) is 24.0. The molecular formula is C35H33N5O2S. The van der Waals surface area contributed by atoms with Crippen molar-refractivity contribution in [3.05, 3.63) is 142 Å². The summed E-state index contributed by atoms with van der Waals surface area (Å²) in [6.07, 6.45) is 9.98. The van der Waals surface area contributed by atoms with Crippen molar-refractivity contribution in [3.63, 3.8) is 0 Å². The van der Waals surface area contributed by atoms with E-state index in [9.17, 15) is 9.59 Å². The standard InChI is InChI=1S/C35H33N5O2S/c1-26-36-23-32(43-26)16-17-34(41)39(24-28-12-14-31(15-13-28)40-20-7-19-37-40)33(22-27-8-3-2-4-9-27)35(42)38-21-18-29-10-5-6-11-30(29)25-38/h2-17,19-20,23,33H,18,21-22,24-25H2,1H3. The molecule has 0 bridgehead atoms. The Labute approximate surface area is 255 Å². The highest BCUT2D eigenvalue weighted by molar-refractivity contribution is 7.12. The fraction of sp³-hybridized carbons (Fsp3) is 0.200. The van der Waals surface area contributed by atoms with Gasteiger partial charge in [-0.15, -0.1) is 11.3 Å². The number of aromatic nitrogens is 3. The Balaban J connectivity index is 1.34. The highest BCUT2D eigenvalue weighted by atomic mass is 32.1. The van der Waals surface area contributed by atoms with Crippen LogP contribution in [0.5, 0.6) is 0 Å². The first kappa shape index (κ1) is 28.3. The summed E-state index contributed by atoms with van der Waals surface area (Å²) >= 11 is 1.53. The lowest BCUT2D eigenvalue weighted by Crippen LogP contribution is -2.52. The first-order valence-corrected chi connectivity index (χ1v) is 15.2. The normalized spacial score (nSPS) is 13.6. The summed E-state index contributed by atoms with van der Waals surface area (Å²) in [5.74, 6) is -0.254. The zero-order chi connectivity index (χ0) is 29.6. The maximum atomic E-state index is 14.4. The van der Waals surface area contributed by atoms with E-state index in [0.29, 0.717) is 19.5 Å². The molecule has 6 rings (SSSR count). The Hall–Kier alpha value is -4.82. The molecule has 0 fully saturated rings. The minimum atomic E-state index is -0.682. The molecule has 0 saturated carbocycles. The van der Waals surface area contributed by atoms with Gasteiger partial charge < -0.3 is 9.80 Å². The Kier molecular flexibility index (Phi) is 8.56. The number of thiazole rings is 1. The fourth-order valence-corrected chi connectivity index (χ4v) is 6.17. The monoisotopic (exact) mass is 587 g/mol. The van der Waals surface area contributed by atoms with Crippen molar-refractivity contribution in [1.82, 2.24) is 24.6 Å². The van der Waals surface area contributed by atoms with Crippen LogP contribution in [0.25, 0.3) is 11.8 Å². The molecule has 0 aliphatic carbocycles. The molecule has 43 heavy (non-hydrogen) atoms. The van der Waals surface area contributed by atoms with Crippen LogP contribution in [0.15, 0.2) is 110 Å². The van der Waals surface area contributed by atoms with E-state index in [1.54, 1.807) is 34.1 Å². The number of carbonyl (C=O) groups excluding carboxylic acids is 2. The van der Waals surface area contributed by atoms with E-state index < -0.39 is 6.04 Å². The topological polar surface area (TPSA) is 71.3 Å². The van der Waals surface area contributed by atoms with Crippen molar-refractivity contribution in [2.45, 2.75) is 38.9 Å². The third-order valence-corrected chi connectivity index (χ3v) is 8.62. The van der Waals surface area contributed by atoms with E-state index in [-0.39, 0.29) is 18.4 Å². The largest absolute Gasteiger partial charge is 0.336 e. The molecule has 1 atom stereocenters. The van der Waals surface area contributed by atoms with Gasteiger partial charge in [0.15, 0.2) is 0 Å². The molecule has 1 aliphatic rings. The first-order valence-electron chi connectivity index (χ1n) is 14.4. The molecule has 1 aliphatic heterocycles. The zero-order valence-corrected chi connectivity index (χ0v) is 24.9. The summed E-state index contributed by atoms with van der Waals surface area (Å²) in [5.41, 5.74) is 5.30. The SMILES string of the molecule is Cc1ncc(C=CC(=O)N(Cc2ccc(-n3cccn3)cc2)C(Cc2ccccc2)C(=O)N2CCc3ccccc3C2)s1. The molecule has 0 radical (unpaired) electrons. The molecule has 8 heteroatoms. The van der Waals surface area contributed by atoms with Crippen LogP contribution >= 0.6 is 11.3 Å². The van der Waals surface area contributed by atoms with E-state index in [1.807, 2.05) is 90.8 Å². The first-order chi connectivity index (χ1) is 21.0. The highest BCUT2D eigenvalue weighted by Crippen LogP contribution is 2.24. The number of carbonyl (C=O) groups is 2. The number of hydrogen-bond donors (Lipinski definition) is 0. The fourth-order valence-electron chi connectivity index (χ4n) is 5.48. The predicted molar refractivity (Wildman–Crippen MR) is 169 cm³/mol. The number of amides is 2. The van der Waals surface area contributed by atoms with Gasteiger partial charge in [0, 0.05) is 55.6 Å². The van der Waals surface area contributed by atoms with Crippen molar-refractivity contribution in [1.29, 1.82) is 0 Å². The van der Waals surface area contributed by atoms with E-state index in [0.717, 1.165) is 38.7 Å². The number of fused-ring (bicyclic) bond motifs is 1. The molecule has 216 valence electrons. The van der Waals surface area contributed by atoms with E-state index >= 15 is 0 Å². The van der Waals surface area contributed by atoms with Gasteiger partial charge in [0.05, 0.1) is 10.7 Å². The van der Waals surface area contributed by atoms with Gasteiger partial charge in [0.25, 0.3) is 0 Å². The van der Waals surface area contributed by atoms with Crippen LogP contribution in [-0.4, -0.2) is 49.0 Å². The number of nitrogens with zero attached hydrogens (tertiary/aromatic N) is 5. The molecular weight excluding hydrogens is 554 g/mol. The second-order valence-electron chi connectivity index (χ2n) is 10.7. The van der Waals surface area contributed by atoms with Crippen LogP contribution in [0, 0.1) is 6.92 Å². The van der Waals surface area contributed by atoms with Gasteiger partial charge >= 0.3 is 0 Å².